The Morgan fingerprint density at radius 3 is 2.42 bits per heavy atom. The van der Waals surface area contributed by atoms with Gasteiger partial charge in [0.15, 0.2) is 0 Å². The van der Waals surface area contributed by atoms with E-state index in [0.29, 0.717) is 22.3 Å². The molecule has 0 spiro atoms. The Bertz CT molecular complexity index is 1140. The second-order valence-electron chi connectivity index (χ2n) is 5.84. The highest BCUT2D eigenvalue weighted by molar-refractivity contribution is 7.85. The van der Waals surface area contributed by atoms with Gasteiger partial charge in [-0.25, -0.2) is 0 Å². The van der Waals surface area contributed by atoms with E-state index in [-0.39, 0.29) is 16.0 Å². The van der Waals surface area contributed by atoms with Gasteiger partial charge in [-0.3, -0.25) is 9.35 Å². The summed E-state index contributed by atoms with van der Waals surface area (Å²) in [6.45, 7) is 1.78. The van der Waals surface area contributed by atoms with Crippen LogP contribution in [0.2, 0.25) is 0 Å². The van der Waals surface area contributed by atoms with Gasteiger partial charge in [-0.1, -0.05) is 0 Å². The fraction of sp³-hybridized carbons (Fsp3) is 0.0556. The first-order valence-corrected chi connectivity index (χ1v) is 9.01. The number of anilines is 2. The molecule has 3 aromatic carbocycles. The summed E-state index contributed by atoms with van der Waals surface area (Å²) in [4.78, 5) is 12.2. The highest BCUT2D eigenvalue weighted by atomic mass is 32.2. The van der Waals surface area contributed by atoms with E-state index in [2.05, 4.69) is 5.32 Å². The molecule has 0 aliphatic carbocycles. The summed E-state index contributed by atoms with van der Waals surface area (Å²) in [5.41, 5.74) is 7.74. The molecule has 0 fully saturated rings. The monoisotopic (exact) mass is 372 g/mol. The number of carbonyl (C=O) groups is 1. The maximum absolute atomic E-state index is 12.5. The molecule has 0 bridgehead atoms. The zero-order valence-corrected chi connectivity index (χ0v) is 14.5. The summed E-state index contributed by atoms with van der Waals surface area (Å²) in [5, 5.41) is 13.3. The highest BCUT2D eigenvalue weighted by Crippen LogP contribution is 2.33. The summed E-state index contributed by atoms with van der Waals surface area (Å²) in [5.74, 6) is -0.499. The highest BCUT2D eigenvalue weighted by Gasteiger charge is 2.15. The van der Waals surface area contributed by atoms with E-state index in [4.69, 9.17) is 5.73 Å². The molecule has 0 aliphatic rings. The molecule has 0 aliphatic heterocycles. The fourth-order valence-corrected chi connectivity index (χ4v) is 3.10. The maximum atomic E-state index is 12.5. The molecule has 1 amide bonds. The molecule has 3 aromatic rings. The number of rotatable bonds is 3. The van der Waals surface area contributed by atoms with Crippen LogP contribution in [-0.2, 0) is 10.1 Å². The fourth-order valence-electron chi connectivity index (χ4n) is 2.59. The predicted molar refractivity (Wildman–Crippen MR) is 99.0 cm³/mol. The van der Waals surface area contributed by atoms with Crippen LogP contribution in [-0.4, -0.2) is 24.0 Å². The zero-order valence-electron chi connectivity index (χ0n) is 13.7. The lowest BCUT2D eigenvalue weighted by atomic mass is 10.1. The molecule has 0 saturated heterocycles. The van der Waals surface area contributed by atoms with Crippen molar-refractivity contribution in [3.8, 4) is 5.75 Å². The lowest BCUT2D eigenvalue weighted by Gasteiger charge is -2.12. The van der Waals surface area contributed by atoms with E-state index in [1.54, 1.807) is 25.1 Å². The summed E-state index contributed by atoms with van der Waals surface area (Å²) in [7, 11) is -4.42. The molecule has 5 N–H and O–H groups in total. The van der Waals surface area contributed by atoms with E-state index in [0.717, 1.165) is 5.56 Å². The molecule has 0 atom stereocenters. The number of nitrogens with two attached hydrogens (primary N) is 1. The van der Waals surface area contributed by atoms with Crippen LogP contribution in [0.1, 0.15) is 15.9 Å². The van der Waals surface area contributed by atoms with Crippen LogP contribution in [0.3, 0.4) is 0 Å². The largest absolute Gasteiger partial charge is 0.507 e. The summed E-state index contributed by atoms with van der Waals surface area (Å²) < 4.78 is 32.0. The van der Waals surface area contributed by atoms with Crippen molar-refractivity contribution in [1.82, 2.24) is 0 Å². The molecule has 0 heterocycles. The van der Waals surface area contributed by atoms with Gasteiger partial charge in [0.25, 0.3) is 16.0 Å². The van der Waals surface area contributed by atoms with Crippen molar-refractivity contribution in [3.63, 3.8) is 0 Å². The van der Waals surface area contributed by atoms with Crippen LogP contribution in [0.15, 0.2) is 53.4 Å². The van der Waals surface area contributed by atoms with Crippen LogP contribution in [0.5, 0.6) is 5.75 Å². The molecule has 0 unspecified atom stereocenters. The Kier molecular flexibility index (Phi) is 4.31. The maximum Gasteiger partial charge on any atom is 0.294 e. The average Bonchev–Trinajstić information content (AvgIpc) is 2.58. The molecular formula is C18H16N2O5S. The quantitative estimate of drug-likeness (QED) is 0.318. The van der Waals surface area contributed by atoms with Crippen LogP contribution < -0.4 is 11.1 Å². The Morgan fingerprint density at radius 1 is 1.04 bits per heavy atom. The number of phenolic OH excluding ortho intramolecular Hbond substituents is 1. The van der Waals surface area contributed by atoms with Crippen LogP contribution >= 0.6 is 0 Å². The molecule has 26 heavy (non-hydrogen) atoms. The van der Waals surface area contributed by atoms with E-state index in [1.165, 1.54) is 30.3 Å². The molecule has 7 nitrogen and oxygen atoms in total. The molecule has 8 heteroatoms. The lowest BCUT2D eigenvalue weighted by molar-refractivity contribution is 0.102. The van der Waals surface area contributed by atoms with Crippen molar-refractivity contribution in [2.75, 3.05) is 11.1 Å². The van der Waals surface area contributed by atoms with Crippen molar-refractivity contribution in [1.29, 1.82) is 0 Å². The molecule has 0 radical (unpaired) electrons. The average molecular weight is 372 g/mol. The Balaban J connectivity index is 2.08. The number of aromatic hydroxyl groups is 1. The Labute approximate surface area is 149 Å². The minimum Gasteiger partial charge on any atom is -0.507 e. The van der Waals surface area contributed by atoms with Crippen LogP contribution in [0, 0.1) is 6.92 Å². The Morgan fingerprint density at radius 2 is 1.77 bits per heavy atom. The first kappa shape index (κ1) is 17.7. The van der Waals surface area contributed by atoms with Gasteiger partial charge in [0.05, 0.1) is 4.90 Å². The summed E-state index contributed by atoms with van der Waals surface area (Å²) in [6.07, 6.45) is 0. The number of aryl methyl sites for hydroxylation is 1. The number of benzene rings is 3. The first-order valence-electron chi connectivity index (χ1n) is 7.57. The van der Waals surface area contributed by atoms with Gasteiger partial charge in [0.2, 0.25) is 0 Å². The first-order chi connectivity index (χ1) is 12.2. The molecular weight excluding hydrogens is 356 g/mol. The van der Waals surface area contributed by atoms with Gasteiger partial charge < -0.3 is 16.2 Å². The number of hydrogen-bond acceptors (Lipinski definition) is 5. The van der Waals surface area contributed by atoms with Gasteiger partial charge in [0.1, 0.15) is 5.75 Å². The third-order valence-corrected chi connectivity index (χ3v) is 4.89. The van der Waals surface area contributed by atoms with E-state index in [1.807, 2.05) is 0 Å². The number of phenols is 1. The SMILES string of the molecule is Cc1cc(C(=O)Nc2ccc(O)c3ccc(S(=O)(=O)O)cc23)ccc1N. The third-order valence-electron chi connectivity index (χ3n) is 4.04. The molecule has 134 valence electrons. The van der Waals surface area contributed by atoms with Gasteiger partial charge in [-0.15, -0.1) is 0 Å². The van der Waals surface area contributed by atoms with Crippen molar-refractivity contribution in [2.24, 2.45) is 0 Å². The number of carbonyl (C=O) groups excluding carboxylic acids is 1. The molecule has 0 saturated carbocycles. The van der Waals surface area contributed by atoms with Crippen molar-refractivity contribution in [3.05, 3.63) is 59.7 Å². The van der Waals surface area contributed by atoms with Gasteiger partial charge in [-0.05, 0) is 61.0 Å². The zero-order chi connectivity index (χ0) is 19.1. The topological polar surface area (TPSA) is 130 Å². The van der Waals surface area contributed by atoms with Gasteiger partial charge in [0, 0.05) is 27.7 Å². The minimum atomic E-state index is -4.42. The summed E-state index contributed by atoms with van der Waals surface area (Å²) >= 11 is 0. The smallest absolute Gasteiger partial charge is 0.294 e. The number of amides is 1. The van der Waals surface area contributed by atoms with Gasteiger partial charge >= 0.3 is 0 Å². The van der Waals surface area contributed by atoms with Crippen molar-refractivity contribution in [2.45, 2.75) is 11.8 Å². The number of nitrogens with one attached hydrogen (secondary N) is 1. The second kappa shape index (κ2) is 6.32. The van der Waals surface area contributed by atoms with Crippen molar-refractivity contribution < 1.29 is 22.9 Å². The normalized spacial score (nSPS) is 11.5. The van der Waals surface area contributed by atoms with Gasteiger partial charge in [-0.2, -0.15) is 8.42 Å². The summed E-state index contributed by atoms with van der Waals surface area (Å²) in [6, 6.07) is 11.4. The number of fused-ring (bicyclic) bond motifs is 1. The standard InChI is InChI=1S/C18H16N2O5S/c1-10-8-11(2-5-15(10)19)18(22)20-16-6-7-17(21)13-4-3-12(9-14(13)16)26(23,24)25/h2-9,21H,19H2,1H3,(H,20,22)(H,23,24,25). The van der Waals surface area contributed by atoms with E-state index >= 15 is 0 Å². The Hall–Kier alpha value is -3.10. The van der Waals surface area contributed by atoms with E-state index in [9.17, 15) is 22.9 Å². The second-order valence-corrected chi connectivity index (χ2v) is 7.26. The third kappa shape index (κ3) is 3.32. The van der Waals surface area contributed by atoms with Crippen LogP contribution in [0.4, 0.5) is 11.4 Å². The number of hydrogen-bond donors (Lipinski definition) is 4. The van der Waals surface area contributed by atoms with Crippen molar-refractivity contribution >= 4 is 38.2 Å². The van der Waals surface area contributed by atoms with E-state index < -0.39 is 16.0 Å². The molecule has 0 aromatic heterocycles. The predicted octanol–water partition coefficient (Wildman–Crippen LogP) is 2.94. The molecule has 3 rings (SSSR count). The van der Waals surface area contributed by atoms with Crippen LogP contribution in [0.25, 0.3) is 10.8 Å². The number of nitrogen functional groups attached to an aromatic ring is 1. The minimum absolute atomic E-state index is 0.0804. The lowest BCUT2D eigenvalue weighted by Crippen LogP contribution is -2.12.